The summed E-state index contributed by atoms with van der Waals surface area (Å²) in [7, 11) is 0. The first-order valence-electron chi connectivity index (χ1n) is 26.6. The summed E-state index contributed by atoms with van der Waals surface area (Å²) >= 11 is 0. The van der Waals surface area contributed by atoms with Crippen LogP contribution in [-0.2, 0) is 10.8 Å². The van der Waals surface area contributed by atoms with Crippen LogP contribution in [0, 0.1) is 0 Å². The molecule has 360 valence electrons. The third-order valence-corrected chi connectivity index (χ3v) is 16.8. The van der Waals surface area contributed by atoms with E-state index in [1.807, 2.05) is 0 Å². The average Bonchev–Trinajstić information content (AvgIpc) is 4.07. The number of rotatable bonds is 6. The Hall–Kier alpha value is -9.96. The van der Waals surface area contributed by atoms with Gasteiger partial charge in [0.25, 0.3) is 0 Å². The van der Waals surface area contributed by atoms with Gasteiger partial charge in [-0.3, -0.25) is 0 Å². The predicted molar refractivity (Wildman–Crippen MR) is 312 cm³/mol. The van der Waals surface area contributed by atoms with E-state index in [-0.39, 0.29) is 0 Å². The maximum Gasteiger partial charge on any atom is 0.132 e. The largest absolute Gasteiger partial charge is 0.457 e. The number of para-hydroxylation sites is 5. The van der Waals surface area contributed by atoms with Crippen LogP contribution in [0.15, 0.2) is 285 Å². The monoisotopic (exact) mass is 981 g/mol. The van der Waals surface area contributed by atoms with Crippen molar-refractivity contribution < 1.29 is 9.47 Å². The molecule has 0 saturated heterocycles. The molecule has 12 aromatic carbocycles. The van der Waals surface area contributed by atoms with Crippen LogP contribution in [0.4, 0.5) is 17.1 Å². The van der Waals surface area contributed by atoms with Gasteiger partial charge in [0.1, 0.15) is 23.0 Å². The smallest absolute Gasteiger partial charge is 0.132 e. The molecule has 2 spiro atoms. The Bertz CT molecular complexity index is 4270. The first kappa shape index (κ1) is 43.4. The average molecular weight is 982 g/mol. The fraction of sp³-hybridized carbons (Fsp3) is 0.0270. The molecule has 0 amide bonds. The molecule has 3 nitrogen and oxygen atoms in total. The number of nitrogens with zero attached hydrogens (tertiary/aromatic N) is 1. The summed E-state index contributed by atoms with van der Waals surface area (Å²) in [5.41, 5.74) is 23.8. The molecular formula is C74H47NO2. The zero-order valence-corrected chi connectivity index (χ0v) is 41.9. The summed E-state index contributed by atoms with van der Waals surface area (Å²) < 4.78 is 13.3. The second-order valence-electron chi connectivity index (χ2n) is 20.6. The minimum Gasteiger partial charge on any atom is -0.457 e. The summed E-state index contributed by atoms with van der Waals surface area (Å²) in [5, 5.41) is 0. The molecular weight excluding hydrogens is 935 g/mol. The summed E-state index contributed by atoms with van der Waals surface area (Å²) in [6.07, 6.45) is 0. The van der Waals surface area contributed by atoms with E-state index in [2.05, 4.69) is 290 Å². The molecule has 0 unspecified atom stereocenters. The molecule has 0 bridgehead atoms. The first-order chi connectivity index (χ1) is 38.2. The number of hydrogen-bond acceptors (Lipinski definition) is 3. The molecule has 0 saturated carbocycles. The lowest BCUT2D eigenvalue weighted by atomic mass is 9.66. The van der Waals surface area contributed by atoms with Crippen LogP contribution >= 0.6 is 0 Å². The third kappa shape index (κ3) is 6.14. The molecule has 2 aliphatic carbocycles. The second-order valence-corrected chi connectivity index (χ2v) is 20.6. The van der Waals surface area contributed by atoms with Gasteiger partial charge in [-0.15, -0.1) is 0 Å². The Morgan fingerprint density at radius 2 is 0.675 bits per heavy atom. The summed E-state index contributed by atoms with van der Waals surface area (Å²) in [6, 6.07) is 104. The lowest BCUT2D eigenvalue weighted by molar-refractivity contribution is 0.436. The number of hydrogen-bond donors (Lipinski definition) is 0. The molecule has 0 aromatic heterocycles. The maximum atomic E-state index is 6.68. The molecule has 0 radical (unpaired) electrons. The normalized spacial score (nSPS) is 13.9. The van der Waals surface area contributed by atoms with Gasteiger partial charge in [-0.1, -0.05) is 224 Å². The lowest BCUT2D eigenvalue weighted by Gasteiger charge is -2.39. The SMILES string of the molecule is c1ccc(-c2ccccc2N(c2ccc(-c3ccc4c(c3)C3(c5ccccc5Oc5ccccc53)c3ccccc3-4)cc2)c2cccc(-c3cccc4c3-c3ccccc3C43c4ccccc4Oc4ccccc43)c2)cc1. The highest BCUT2D eigenvalue weighted by Crippen LogP contribution is 2.65. The molecule has 12 aromatic rings. The van der Waals surface area contributed by atoms with E-state index in [0.29, 0.717) is 0 Å². The standard InChI is InChI=1S/C74H47NO2/c1-2-20-49(21-3-1)54-24-6-13-35-67(54)75(52-43-40-48(41-44-52)50-42-45-57-56-25-4-7-28-59(56)74(66(57)47-50)63-32-11-16-38-70(63)77-71-39-17-12-33-64(71)74)53-23-18-22-51(46-53)55-27-19-34-65-72(55)58-26-5-8-29-60(58)73(65)61-30-9-14-36-68(61)76-69-37-15-10-31-62(69)73/h1-47H. The van der Waals surface area contributed by atoms with Gasteiger partial charge in [-0.2, -0.15) is 0 Å². The highest BCUT2D eigenvalue weighted by Gasteiger charge is 2.53. The van der Waals surface area contributed by atoms with Crippen molar-refractivity contribution in [3.63, 3.8) is 0 Å². The molecule has 2 aliphatic heterocycles. The van der Waals surface area contributed by atoms with Crippen LogP contribution in [0.3, 0.4) is 0 Å². The number of fused-ring (bicyclic) bond motifs is 18. The van der Waals surface area contributed by atoms with E-state index in [1.54, 1.807) is 0 Å². The Morgan fingerprint density at radius 3 is 1.31 bits per heavy atom. The molecule has 16 rings (SSSR count). The molecule has 77 heavy (non-hydrogen) atoms. The van der Waals surface area contributed by atoms with Crippen molar-refractivity contribution in [1.29, 1.82) is 0 Å². The van der Waals surface area contributed by atoms with Gasteiger partial charge in [0.05, 0.1) is 16.5 Å². The number of anilines is 3. The van der Waals surface area contributed by atoms with Gasteiger partial charge >= 0.3 is 0 Å². The van der Waals surface area contributed by atoms with Crippen molar-refractivity contribution in [3.05, 3.63) is 330 Å². The van der Waals surface area contributed by atoms with E-state index < -0.39 is 10.8 Å². The highest BCUT2D eigenvalue weighted by atomic mass is 16.5. The van der Waals surface area contributed by atoms with Gasteiger partial charge in [-0.25, -0.2) is 0 Å². The number of ether oxygens (including phenoxy) is 2. The highest BCUT2D eigenvalue weighted by molar-refractivity contribution is 5.98. The quantitative estimate of drug-likeness (QED) is 0.166. The van der Waals surface area contributed by atoms with Gasteiger partial charge < -0.3 is 14.4 Å². The van der Waals surface area contributed by atoms with Gasteiger partial charge in [0.2, 0.25) is 0 Å². The lowest BCUT2D eigenvalue weighted by Crippen LogP contribution is -2.32. The van der Waals surface area contributed by atoms with Gasteiger partial charge in [0.15, 0.2) is 0 Å². The van der Waals surface area contributed by atoms with E-state index in [0.717, 1.165) is 90.1 Å². The Morgan fingerprint density at radius 1 is 0.234 bits per heavy atom. The number of benzene rings is 12. The van der Waals surface area contributed by atoms with Crippen molar-refractivity contribution in [2.45, 2.75) is 10.8 Å². The summed E-state index contributed by atoms with van der Waals surface area (Å²) in [5.74, 6) is 3.57. The van der Waals surface area contributed by atoms with Crippen molar-refractivity contribution >= 4 is 17.1 Å². The van der Waals surface area contributed by atoms with E-state index in [9.17, 15) is 0 Å². The van der Waals surface area contributed by atoms with E-state index in [1.165, 1.54) is 50.1 Å². The third-order valence-electron chi connectivity index (χ3n) is 16.8. The van der Waals surface area contributed by atoms with Crippen LogP contribution in [0.5, 0.6) is 23.0 Å². The molecule has 0 fully saturated rings. The topological polar surface area (TPSA) is 21.7 Å². The fourth-order valence-corrected chi connectivity index (χ4v) is 13.8. The molecule has 0 N–H and O–H groups in total. The summed E-state index contributed by atoms with van der Waals surface area (Å²) in [4.78, 5) is 2.43. The molecule has 2 heterocycles. The molecule has 3 heteroatoms. The predicted octanol–water partition coefficient (Wildman–Crippen LogP) is 19.1. The zero-order valence-electron chi connectivity index (χ0n) is 41.9. The van der Waals surface area contributed by atoms with Crippen LogP contribution < -0.4 is 14.4 Å². The fourth-order valence-electron chi connectivity index (χ4n) is 13.8. The minimum absolute atomic E-state index is 0.544. The van der Waals surface area contributed by atoms with E-state index in [4.69, 9.17) is 9.47 Å². The van der Waals surface area contributed by atoms with Crippen LogP contribution in [0.25, 0.3) is 55.6 Å². The first-order valence-corrected chi connectivity index (χ1v) is 26.6. The Balaban J connectivity index is 0.855. The second kappa shape index (κ2) is 16.8. The molecule has 0 atom stereocenters. The van der Waals surface area contributed by atoms with Crippen molar-refractivity contribution in [3.8, 4) is 78.6 Å². The van der Waals surface area contributed by atoms with Crippen molar-refractivity contribution in [2.24, 2.45) is 0 Å². The zero-order chi connectivity index (χ0) is 50.7. The minimum atomic E-state index is -0.559. The van der Waals surface area contributed by atoms with Crippen molar-refractivity contribution in [1.82, 2.24) is 0 Å². The Kier molecular flexibility index (Phi) is 9.47. The summed E-state index contributed by atoms with van der Waals surface area (Å²) in [6.45, 7) is 0. The van der Waals surface area contributed by atoms with Crippen molar-refractivity contribution in [2.75, 3.05) is 4.90 Å². The molecule has 4 aliphatic rings. The van der Waals surface area contributed by atoms with Crippen LogP contribution in [0.2, 0.25) is 0 Å². The van der Waals surface area contributed by atoms with E-state index >= 15 is 0 Å². The Labute approximate surface area is 448 Å². The maximum absolute atomic E-state index is 6.68. The van der Waals surface area contributed by atoms with Gasteiger partial charge in [-0.05, 0) is 133 Å². The van der Waals surface area contributed by atoms with Gasteiger partial charge in [0, 0.05) is 39.2 Å². The van der Waals surface area contributed by atoms with Crippen LogP contribution in [0.1, 0.15) is 44.5 Å². The van der Waals surface area contributed by atoms with Crippen LogP contribution in [-0.4, -0.2) is 0 Å².